The van der Waals surface area contributed by atoms with E-state index in [0.29, 0.717) is 0 Å². The summed E-state index contributed by atoms with van der Waals surface area (Å²) in [5.41, 5.74) is 17.8. The monoisotopic (exact) mass is 868 g/mol. The minimum Gasteiger partial charge on any atom is -0.456 e. The van der Waals surface area contributed by atoms with Crippen LogP contribution in [-0.4, -0.2) is 0 Å². The lowest BCUT2D eigenvalue weighted by Crippen LogP contribution is -2.28. The van der Waals surface area contributed by atoms with Crippen LogP contribution in [-0.2, 0) is 5.41 Å². The lowest BCUT2D eigenvalue weighted by atomic mass is 9.67. The quantitative estimate of drug-likeness (QED) is 0.144. The number of hydrogen-bond donors (Lipinski definition) is 0. The van der Waals surface area contributed by atoms with E-state index in [-0.39, 0.29) is 0 Å². The van der Waals surface area contributed by atoms with E-state index >= 15 is 0 Å². The summed E-state index contributed by atoms with van der Waals surface area (Å²) in [5, 5.41) is 2.24. The molecule has 68 heavy (non-hydrogen) atoms. The molecule has 0 unspecified atom stereocenters. The van der Waals surface area contributed by atoms with Crippen molar-refractivity contribution in [1.29, 1.82) is 0 Å². The molecule has 0 radical (unpaired) electrons. The maximum atomic E-state index is 7.16. The Morgan fingerprint density at radius 1 is 0.279 bits per heavy atom. The molecule has 0 spiro atoms. The van der Waals surface area contributed by atoms with Crippen LogP contribution in [0.25, 0.3) is 44.2 Å². The molecule has 0 N–H and O–H groups in total. The second-order valence-corrected chi connectivity index (χ2v) is 17.6. The van der Waals surface area contributed by atoms with Gasteiger partial charge < -0.3 is 14.5 Å². The Labute approximate surface area is 397 Å². The molecule has 1 aliphatic heterocycles. The van der Waals surface area contributed by atoms with E-state index in [9.17, 15) is 0 Å². The van der Waals surface area contributed by atoms with Crippen molar-refractivity contribution in [3.05, 3.63) is 289 Å². The Morgan fingerprint density at radius 2 is 0.750 bits per heavy atom. The highest BCUT2D eigenvalue weighted by molar-refractivity contribution is 6.06. The molecular weight excluding hydrogens is 825 g/mol. The van der Waals surface area contributed by atoms with Gasteiger partial charge in [0.15, 0.2) is 0 Å². The first-order valence-electron chi connectivity index (χ1n) is 23.3. The van der Waals surface area contributed by atoms with Crippen molar-refractivity contribution in [2.24, 2.45) is 0 Å². The van der Waals surface area contributed by atoms with Crippen LogP contribution in [0.1, 0.15) is 22.3 Å². The standard InChI is InChI=1S/C65H44N2O/c1-6-19-45(20-7-1)46-33-35-52(36-34-46)67(53-37-39-57-56-30-16-17-32-60(56)65(61(57)42-53,48-22-8-2-9-23-48)49-24-10-3-11-25-49)54-38-40-58-59-31-18-21-47-41-55(44-63(64(47)59)68-62(58)43-54)66(50-26-12-4-13-27-50)51-28-14-5-15-29-51/h1-44H. The first kappa shape index (κ1) is 39.4. The third-order valence-corrected chi connectivity index (χ3v) is 13.9. The first-order valence-corrected chi connectivity index (χ1v) is 23.3. The van der Waals surface area contributed by atoms with Gasteiger partial charge in [-0.15, -0.1) is 0 Å². The van der Waals surface area contributed by atoms with Gasteiger partial charge in [-0.3, -0.25) is 0 Å². The number of anilines is 6. The summed E-state index contributed by atoms with van der Waals surface area (Å²) in [6.45, 7) is 0. The summed E-state index contributed by atoms with van der Waals surface area (Å²) in [6, 6.07) is 96.5. The van der Waals surface area contributed by atoms with E-state index in [1.807, 2.05) is 0 Å². The molecule has 0 amide bonds. The number of rotatable bonds is 9. The molecule has 3 nitrogen and oxygen atoms in total. The predicted molar refractivity (Wildman–Crippen MR) is 282 cm³/mol. The van der Waals surface area contributed by atoms with Gasteiger partial charge in [0.2, 0.25) is 0 Å². The Balaban J connectivity index is 0.992. The normalized spacial score (nSPS) is 12.6. The zero-order valence-electron chi connectivity index (χ0n) is 37.2. The number of hydrogen-bond acceptors (Lipinski definition) is 3. The molecule has 0 aromatic heterocycles. The topological polar surface area (TPSA) is 15.7 Å². The molecule has 11 aromatic rings. The highest BCUT2D eigenvalue weighted by Crippen LogP contribution is 2.58. The fourth-order valence-corrected chi connectivity index (χ4v) is 10.9. The SMILES string of the molecule is c1ccc(-c2ccc(N(c3ccc4c(c3)Oc3cc(N(c5ccccc5)c5ccccc5)cc5cccc-4c35)c3ccc4c(c3)C(c3ccccc3)(c3ccccc3)c3ccccc3-4)cc2)cc1. The van der Waals surface area contributed by atoms with Crippen LogP contribution < -0.4 is 14.5 Å². The van der Waals surface area contributed by atoms with Crippen molar-refractivity contribution in [3.63, 3.8) is 0 Å². The Hall–Kier alpha value is -8.92. The second kappa shape index (κ2) is 16.2. The molecule has 0 saturated carbocycles. The maximum Gasteiger partial charge on any atom is 0.138 e. The van der Waals surface area contributed by atoms with E-state index < -0.39 is 5.41 Å². The zero-order chi connectivity index (χ0) is 45.0. The summed E-state index contributed by atoms with van der Waals surface area (Å²) in [7, 11) is 0. The number of nitrogens with zero attached hydrogens (tertiary/aromatic N) is 2. The third kappa shape index (κ3) is 6.35. The lowest BCUT2D eigenvalue weighted by Gasteiger charge is -2.35. The fourth-order valence-electron chi connectivity index (χ4n) is 10.9. The van der Waals surface area contributed by atoms with Crippen LogP contribution >= 0.6 is 0 Å². The molecule has 1 heterocycles. The van der Waals surface area contributed by atoms with E-state index in [0.717, 1.165) is 67.5 Å². The fraction of sp³-hybridized carbons (Fsp3) is 0.0154. The predicted octanol–water partition coefficient (Wildman–Crippen LogP) is 17.6. The zero-order valence-corrected chi connectivity index (χ0v) is 37.2. The van der Waals surface area contributed by atoms with Gasteiger partial charge >= 0.3 is 0 Å². The maximum absolute atomic E-state index is 7.16. The number of ether oxygens (including phenoxy) is 1. The van der Waals surface area contributed by atoms with E-state index in [1.165, 1.54) is 44.5 Å². The van der Waals surface area contributed by atoms with Crippen LogP contribution in [0.4, 0.5) is 34.1 Å². The molecule has 3 heteroatoms. The van der Waals surface area contributed by atoms with E-state index in [2.05, 4.69) is 277 Å². The van der Waals surface area contributed by atoms with Crippen molar-refractivity contribution in [2.45, 2.75) is 5.41 Å². The smallest absolute Gasteiger partial charge is 0.138 e. The van der Waals surface area contributed by atoms with Gasteiger partial charge in [-0.05, 0) is 122 Å². The molecular formula is C65H44N2O. The third-order valence-electron chi connectivity index (χ3n) is 13.9. The van der Waals surface area contributed by atoms with Crippen molar-refractivity contribution in [1.82, 2.24) is 0 Å². The van der Waals surface area contributed by atoms with Crippen LogP contribution in [0.5, 0.6) is 11.5 Å². The summed E-state index contributed by atoms with van der Waals surface area (Å²) in [5.74, 6) is 1.65. The minimum absolute atomic E-state index is 0.542. The highest BCUT2D eigenvalue weighted by atomic mass is 16.5. The van der Waals surface area contributed by atoms with Crippen LogP contribution in [0, 0.1) is 0 Å². The minimum atomic E-state index is -0.542. The molecule has 1 aliphatic carbocycles. The first-order chi connectivity index (χ1) is 33.7. The summed E-state index contributed by atoms with van der Waals surface area (Å²) >= 11 is 0. The largest absolute Gasteiger partial charge is 0.456 e. The number of para-hydroxylation sites is 2. The average Bonchev–Trinajstić information content (AvgIpc) is 3.71. The molecule has 0 bridgehead atoms. The Bertz CT molecular complexity index is 3550. The van der Waals surface area contributed by atoms with Gasteiger partial charge in [0, 0.05) is 51.5 Å². The summed E-state index contributed by atoms with van der Waals surface area (Å²) in [4.78, 5) is 4.69. The summed E-state index contributed by atoms with van der Waals surface area (Å²) < 4.78 is 7.16. The molecule has 2 aliphatic rings. The highest BCUT2D eigenvalue weighted by Gasteiger charge is 2.46. The van der Waals surface area contributed by atoms with Gasteiger partial charge in [0.25, 0.3) is 0 Å². The van der Waals surface area contributed by atoms with Gasteiger partial charge in [-0.25, -0.2) is 0 Å². The van der Waals surface area contributed by atoms with Crippen LogP contribution in [0.2, 0.25) is 0 Å². The van der Waals surface area contributed by atoms with Crippen LogP contribution in [0.3, 0.4) is 0 Å². The lowest BCUT2D eigenvalue weighted by molar-refractivity contribution is 0.487. The average molecular weight is 869 g/mol. The molecule has 11 aromatic carbocycles. The second-order valence-electron chi connectivity index (χ2n) is 17.6. The van der Waals surface area contributed by atoms with Crippen molar-refractivity contribution in [3.8, 4) is 44.9 Å². The Kier molecular flexibility index (Phi) is 9.40. The van der Waals surface area contributed by atoms with E-state index in [1.54, 1.807) is 0 Å². The molecule has 13 rings (SSSR count). The Morgan fingerprint density at radius 3 is 1.41 bits per heavy atom. The van der Waals surface area contributed by atoms with Crippen molar-refractivity contribution < 1.29 is 4.74 Å². The van der Waals surface area contributed by atoms with Crippen molar-refractivity contribution in [2.75, 3.05) is 9.80 Å². The van der Waals surface area contributed by atoms with Gasteiger partial charge in [-0.2, -0.15) is 0 Å². The molecule has 0 fully saturated rings. The van der Waals surface area contributed by atoms with Gasteiger partial charge in [0.1, 0.15) is 11.5 Å². The number of benzene rings is 11. The number of fused-ring (bicyclic) bond motifs is 5. The van der Waals surface area contributed by atoms with Gasteiger partial charge in [-0.1, -0.05) is 188 Å². The van der Waals surface area contributed by atoms with Gasteiger partial charge in [0.05, 0.1) is 11.1 Å². The van der Waals surface area contributed by atoms with E-state index in [4.69, 9.17) is 4.74 Å². The molecule has 0 atom stereocenters. The van der Waals surface area contributed by atoms with Crippen LogP contribution in [0.15, 0.2) is 267 Å². The van der Waals surface area contributed by atoms with Crippen molar-refractivity contribution >= 4 is 44.9 Å². The molecule has 320 valence electrons. The molecule has 0 saturated heterocycles. The summed E-state index contributed by atoms with van der Waals surface area (Å²) in [6.07, 6.45) is 0.